The van der Waals surface area contributed by atoms with Gasteiger partial charge in [-0.2, -0.15) is 0 Å². The number of hydrogen-bond acceptors (Lipinski definition) is 6. The Bertz CT molecular complexity index is 1010. The second-order valence-electron chi connectivity index (χ2n) is 6.85. The maximum atomic E-state index is 12.6. The van der Waals surface area contributed by atoms with Crippen molar-refractivity contribution in [1.82, 2.24) is 9.97 Å². The van der Waals surface area contributed by atoms with E-state index in [2.05, 4.69) is 10.3 Å². The highest BCUT2D eigenvalue weighted by atomic mass is 32.2. The van der Waals surface area contributed by atoms with Crippen molar-refractivity contribution in [3.05, 3.63) is 40.3 Å². The third-order valence-electron chi connectivity index (χ3n) is 4.88. The van der Waals surface area contributed by atoms with Gasteiger partial charge in [0.2, 0.25) is 5.91 Å². The minimum atomic E-state index is -0.323. The molecule has 2 aromatic heterocycles. The molecule has 0 aliphatic heterocycles. The van der Waals surface area contributed by atoms with Crippen molar-refractivity contribution >= 4 is 50.7 Å². The predicted octanol–water partition coefficient (Wildman–Crippen LogP) is 4.58. The van der Waals surface area contributed by atoms with Gasteiger partial charge in [0.05, 0.1) is 10.6 Å². The lowest BCUT2D eigenvalue weighted by molar-refractivity contribution is -0.115. The van der Waals surface area contributed by atoms with Crippen LogP contribution in [0.25, 0.3) is 10.2 Å². The van der Waals surface area contributed by atoms with Crippen LogP contribution in [0.2, 0.25) is 0 Å². The average molecular weight is 399 g/mol. The first-order chi connectivity index (χ1) is 13.0. The highest BCUT2D eigenvalue weighted by Crippen LogP contribution is 2.38. The number of carbonyl (C=O) groups excluding carboxylic acids is 1. The van der Waals surface area contributed by atoms with E-state index >= 15 is 0 Å². The summed E-state index contributed by atoms with van der Waals surface area (Å²) in [6.07, 6.45) is 4.59. The minimum Gasteiger partial charge on any atom is -0.383 e. The zero-order valence-electron chi connectivity index (χ0n) is 15.4. The summed E-state index contributed by atoms with van der Waals surface area (Å²) in [5.41, 5.74) is 9.46. The van der Waals surface area contributed by atoms with Gasteiger partial charge >= 0.3 is 0 Å². The third kappa shape index (κ3) is 3.66. The zero-order valence-corrected chi connectivity index (χ0v) is 17.0. The summed E-state index contributed by atoms with van der Waals surface area (Å²) in [7, 11) is 0. The van der Waals surface area contributed by atoms with E-state index in [0.29, 0.717) is 11.0 Å². The van der Waals surface area contributed by atoms with Crippen molar-refractivity contribution in [2.24, 2.45) is 0 Å². The number of para-hydroxylation sites is 1. The largest absolute Gasteiger partial charge is 0.383 e. The number of fused-ring (bicyclic) bond motifs is 3. The van der Waals surface area contributed by atoms with Crippen molar-refractivity contribution < 1.29 is 4.79 Å². The Labute approximate surface area is 166 Å². The molecule has 1 aliphatic carbocycles. The number of nitrogens with one attached hydrogen (secondary N) is 1. The van der Waals surface area contributed by atoms with Gasteiger partial charge in [-0.05, 0) is 56.7 Å². The summed E-state index contributed by atoms with van der Waals surface area (Å²) in [4.78, 5) is 24.1. The van der Waals surface area contributed by atoms with Crippen LogP contribution < -0.4 is 11.1 Å². The fourth-order valence-corrected chi connectivity index (χ4v) is 5.48. The van der Waals surface area contributed by atoms with E-state index in [-0.39, 0.29) is 11.2 Å². The first kappa shape index (κ1) is 18.3. The van der Waals surface area contributed by atoms with E-state index < -0.39 is 0 Å². The Morgan fingerprint density at radius 3 is 2.85 bits per heavy atom. The monoisotopic (exact) mass is 398 g/mol. The molecule has 1 atom stereocenters. The number of nitrogen functional groups attached to an aromatic ring is 1. The van der Waals surface area contributed by atoms with Crippen LogP contribution in [0.4, 0.5) is 11.5 Å². The van der Waals surface area contributed by atoms with Crippen LogP contribution >= 0.6 is 23.1 Å². The molecule has 3 aromatic rings. The molecule has 2 heterocycles. The van der Waals surface area contributed by atoms with Crippen LogP contribution in [0.3, 0.4) is 0 Å². The van der Waals surface area contributed by atoms with E-state index in [1.54, 1.807) is 11.3 Å². The van der Waals surface area contributed by atoms with Crippen LogP contribution in [0.1, 0.15) is 35.8 Å². The molecule has 0 radical (unpaired) electrons. The summed E-state index contributed by atoms with van der Waals surface area (Å²) in [5, 5.41) is 4.24. The molecular weight excluding hydrogens is 376 g/mol. The van der Waals surface area contributed by atoms with Gasteiger partial charge in [0.25, 0.3) is 0 Å². The van der Waals surface area contributed by atoms with Crippen molar-refractivity contribution in [1.29, 1.82) is 0 Å². The summed E-state index contributed by atoms with van der Waals surface area (Å²) in [6, 6.07) is 7.75. The molecule has 5 nitrogen and oxygen atoms in total. The summed E-state index contributed by atoms with van der Waals surface area (Å²) in [5.74, 6) is 0.468. The first-order valence-electron chi connectivity index (χ1n) is 9.14. The molecule has 1 unspecified atom stereocenters. The van der Waals surface area contributed by atoms with Gasteiger partial charge in [0.1, 0.15) is 10.6 Å². The number of thioether (sulfide) groups is 1. The number of carbonyl (C=O) groups is 1. The van der Waals surface area contributed by atoms with Gasteiger partial charge in [-0.3, -0.25) is 4.79 Å². The smallest absolute Gasteiger partial charge is 0.237 e. The van der Waals surface area contributed by atoms with Crippen molar-refractivity contribution in [2.75, 3.05) is 11.1 Å². The van der Waals surface area contributed by atoms with Crippen LogP contribution in [-0.4, -0.2) is 21.1 Å². The predicted molar refractivity (Wildman–Crippen MR) is 114 cm³/mol. The van der Waals surface area contributed by atoms with E-state index in [9.17, 15) is 4.79 Å². The SMILES string of the molecule is Cc1ccccc1NC(=O)C(C)Sc1nc(N)c2c3c(sc2n1)CCCC3. The fraction of sp³-hybridized carbons (Fsp3) is 0.350. The molecule has 4 rings (SSSR count). The maximum absolute atomic E-state index is 12.6. The molecule has 1 amide bonds. The number of thiophene rings is 1. The van der Waals surface area contributed by atoms with Gasteiger partial charge in [-0.25, -0.2) is 9.97 Å². The molecule has 0 bridgehead atoms. The number of aryl methyl sites for hydroxylation is 3. The van der Waals surface area contributed by atoms with E-state index in [4.69, 9.17) is 10.7 Å². The Balaban J connectivity index is 1.54. The number of hydrogen-bond donors (Lipinski definition) is 2. The standard InChI is InChI=1S/C20H22N4OS2/c1-11-7-3-5-9-14(11)22-18(25)12(2)26-20-23-17(21)16-13-8-4-6-10-15(13)27-19(16)24-20/h3,5,7,9,12H,4,6,8,10H2,1-2H3,(H,22,25)(H2,21,23,24). The highest BCUT2D eigenvalue weighted by molar-refractivity contribution is 8.00. The van der Waals surface area contributed by atoms with Crippen molar-refractivity contribution in [3.8, 4) is 0 Å². The number of benzene rings is 1. The number of anilines is 2. The van der Waals surface area contributed by atoms with Gasteiger partial charge in [-0.1, -0.05) is 30.0 Å². The fourth-order valence-electron chi connectivity index (χ4n) is 3.38. The van der Waals surface area contributed by atoms with Crippen LogP contribution in [0.5, 0.6) is 0 Å². The molecule has 0 saturated carbocycles. The molecule has 140 valence electrons. The number of rotatable bonds is 4. The first-order valence-corrected chi connectivity index (χ1v) is 10.8. The average Bonchev–Trinajstić information content (AvgIpc) is 3.02. The zero-order chi connectivity index (χ0) is 19.0. The molecule has 3 N–H and O–H groups in total. The van der Waals surface area contributed by atoms with Gasteiger partial charge < -0.3 is 11.1 Å². The molecule has 27 heavy (non-hydrogen) atoms. The lowest BCUT2D eigenvalue weighted by Crippen LogP contribution is -2.23. The van der Waals surface area contributed by atoms with Gasteiger partial charge in [0.15, 0.2) is 5.16 Å². The Morgan fingerprint density at radius 1 is 1.26 bits per heavy atom. The highest BCUT2D eigenvalue weighted by Gasteiger charge is 2.22. The van der Waals surface area contributed by atoms with Gasteiger partial charge in [-0.15, -0.1) is 11.3 Å². The van der Waals surface area contributed by atoms with E-state index in [1.165, 1.54) is 35.0 Å². The van der Waals surface area contributed by atoms with Crippen LogP contribution in [0.15, 0.2) is 29.4 Å². The van der Waals surface area contributed by atoms with E-state index in [1.807, 2.05) is 38.1 Å². The third-order valence-corrected chi connectivity index (χ3v) is 7.02. The molecule has 1 aliphatic rings. The summed E-state index contributed by atoms with van der Waals surface area (Å²) < 4.78 is 0. The maximum Gasteiger partial charge on any atom is 0.237 e. The normalized spacial score (nSPS) is 14.7. The van der Waals surface area contributed by atoms with Gasteiger partial charge in [0, 0.05) is 10.6 Å². The molecule has 0 spiro atoms. The molecule has 1 aromatic carbocycles. The second kappa shape index (κ2) is 7.48. The van der Waals surface area contributed by atoms with Crippen molar-refractivity contribution in [2.45, 2.75) is 49.9 Å². The van der Waals surface area contributed by atoms with Crippen LogP contribution in [0, 0.1) is 6.92 Å². The summed E-state index contributed by atoms with van der Waals surface area (Å²) in [6.45, 7) is 3.84. The second-order valence-corrected chi connectivity index (χ2v) is 9.24. The lowest BCUT2D eigenvalue weighted by atomic mass is 9.97. The van der Waals surface area contributed by atoms with Crippen LogP contribution in [-0.2, 0) is 17.6 Å². The Kier molecular flexibility index (Phi) is 5.06. The Morgan fingerprint density at radius 2 is 2.04 bits per heavy atom. The molecular formula is C20H22N4OS2. The Hall–Kier alpha value is -2.12. The quantitative estimate of drug-likeness (QED) is 0.497. The number of nitrogens with two attached hydrogens (primary N) is 1. The number of nitrogens with zero attached hydrogens (tertiary/aromatic N) is 2. The molecule has 0 fully saturated rings. The topological polar surface area (TPSA) is 80.9 Å². The number of amides is 1. The lowest BCUT2D eigenvalue weighted by Gasteiger charge is -2.13. The molecule has 7 heteroatoms. The minimum absolute atomic E-state index is 0.0676. The molecule has 0 saturated heterocycles. The van der Waals surface area contributed by atoms with Crippen molar-refractivity contribution in [3.63, 3.8) is 0 Å². The summed E-state index contributed by atoms with van der Waals surface area (Å²) >= 11 is 3.07. The van der Waals surface area contributed by atoms with E-state index in [0.717, 1.165) is 34.3 Å². The number of aromatic nitrogens is 2.